The van der Waals surface area contributed by atoms with Crippen molar-refractivity contribution in [2.45, 2.75) is 192 Å². The molecule has 6 N–H and O–H groups in total. The number of phosphoric acid groups is 1. The zero-order chi connectivity index (χ0) is 41.6. The quantitative estimate of drug-likeness (QED) is 0.0179. The fourth-order valence-corrected chi connectivity index (χ4v) is 7.50. The Labute approximate surface area is 335 Å². The average molecular weight is 820 g/mol. The van der Waals surface area contributed by atoms with Crippen molar-refractivity contribution in [3.05, 3.63) is 12.2 Å². The highest BCUT2D eigenvalue weighted by Gasteiger charge is 2.39. The van der Waals surface area contributed by atoms with Crippen LogP contribution in [0.1, 0.15) is 168 Å². The van der Waals surface area contributed by atoms with Gasteiger partial charge in [0, 0.05) is 31.1 Å². The molecule has 0 aromatic carbocycles. The summed E-state index contributed by atoms with van der Waals surface area (Å²) in [6.45, 7) is 2.45. The number of nitrogens with two attached hydrogens (primary N) is 1. The summed E-state index contributed by atoms with van der Waals surface area (Å²) in [5, 5.41) is 29.6. The van der Waals surface area contributed by atoms with Gasteiger partial charge in [0.1, 0.15) is 18.4 Å². The second kappa shape index (κ2) is 31.8. The molecule has 1 rings (SSSR count). The van der Waals surface area contributed by atoms with Crippen molar-refractivity contribution in [3.8, 4) is 0 Å². The zero-order valence-electron chi connectivity index (χ0n) is 34.2. The molecule has 15 heteroatoms. The van der Waals surface area contributed by atoms with Gasteiger partial charge in [-0.15, -0.1) is 0 Å². The number of ketones is 1. The van der Waals surface area contributed by atoms with Crippen molar-refractivity contribution in [1.29, 1.82) is 0 Å². The number of carbonyl (C=O) groups is 4. The molecule has 0 radical (unpaired) electrons. The highest BCUT2D eigenvalue weighted by atomic mass is 31.2. The van der Waals surface area contributed by atoms with E-state index in [1.165, 1.54) is 51.4 Å². The fourth-order valence-electron chi connectivity index (χ4n) is 6.73. The van der Waals surface area contributed by atoms with Gasteiger partial charge in [-0.2, -0.15) is 0 Å². The maximum absolute atomic E-state index is 12.6. The van der Waals surface area contributed by atoms with Crippen LogP contribution in [0.15, 0.2) is 12.2 Å². The van der Waals surface area contributed by atoms with Gasteiger partial charge in [0.2, 0.25) is 0 Å². The largest absolute Gasteiger partial charge is 0.480 e. The number of aliphatic hydroxyl groups is 2. The molecule has 1 aliphatic carbocycles. The second-order valence-corrected chi connectivity index (χ2v) is 16.7. The number of aliphatic hydroxyl groups excluding tert-OH is 2. The van der Waals surface area contributed by atoms with Crippen molar-refractivity contribution in [2.75, 3.05) is 19.8 Å². The molecular weight excluding hydrogens is 745 g/mol. The molecule has 0 aromatic rings. The van der Waals surface area contributed by atoms with E-state index in [-0.39, 0.29) is 36.9 Å². The van der Waals surface area contributed by atoms with Crippen LogP contribution >= 0.6 is 7.82 Å². The third-order valence-electron chi connectivity index (χ3n) is 10.2. The molecule has 0 amide bonds. The maximum atomic E-state index is 12.6. The summed E-state index contributed by atoms with van der Waals surface area (Å²) >= 11 is 0. The molecular formula is C41H74NO13P. The molecule has 0 spiro atoms. The van der Waals surface area contributed by atoms with Crippen LogP contribution < -0.4 is 5.73 Å². The summed E-state index contributed by atoms with van der Waals surface area (Å²) in [5.41, 5.74) is 5.32. The van der Waals surface area contributed by atoms with Gasteiger partial charge in [-0.25, -0.2) is 4.57 Å². The minimum atomic E-state index is -4.77. The van der Waals surface area contributed by atoms with Crippen molar-refractivity contribution in [2.24, 2.45) is 17.6 Å². The summed E-state index contributed by atoms with van der Waals surface area (Å²) in [6, 6.07) is -1.55. The zero-order valence-corrected chi connectivity index (χ0v) is 35.1. The number of hydrogen-bond donors (Lipinski definition) is 5. The van der Waals surface area contributed by atoms with Gasteiger partial charge >= 0.3 is 25.7 Å². The number of carbonyl (C=O) groups excluding carboxylic acids is 3. The van der Waals surface area contributed by atoms with Gasteiger partial charge in [-0.3, -0.25) is 28.2 Å². The van der Waals surface area contributed by atoms with Crippen LogP contribution in [0.3, 0.4) is 0 Å². The first-order valence-electron chi connectivity index (χ1n) is 21.3. The highest BCUT2D eigenvalue weighted by Crippen LogP contribution is 2.43. The minimum Gasteiger partial charge on any atom is -0.480 e. The number of esters is 2. The van der Waals surface area contributed by atoms with Crippen molar-refractivity contribution in [3.63, 3.8) is 0 Å². The second-order valence-electron chi connectivity index (χ2n) is 15.3. The Hall–Kier alpha value is -2.19. The Bertz CT molecular complexity index is 1170. The number of phosphoric ester groups is 1. The third kappa shape index (κ3) is 25.9. The standard InChI is InChI=1S/C41H74NO13P/c1-3-5-7-8-9-10-11-12-13-14-15-21-25-40(47)55-33(30-53-56(50,51)54-31-36(42)41(48)49)29-52-39(46)24-20-17-16-19-23-34-35(38(45)28-37(34)44)27-26-32(43)22-18-6-4-2/h26-27,32-36,38,43,45H,3-25,28-31,42H2,1-2H3,(H,48,49)(H,50,51)/b27-26+/t32-,33+,34+,35+,36-,38+/m0/s1. The first-order chi connectivity index (χ1) is 26.8. The smallest absolute Gasteiger partial charge is 0.472 e. The van der Waals surface area contributed by atoms with Crippen LogP contribution in [0.25, 0.3) is 0 Å². The number of carboxylic acids is 1. The van der Waals surface area contributed by atoms with Crippen LogP contribution in [-0.4, -0.2) is 88.1 Å². The molecule has 326 valence electrons. The van der Waals surface area contributed by atoms with E-state index in [2.05, 4.69) is 18.4 Å². The van der Waals surface area contributed by atoms with Crippen LogP contribution in [0.4, 0.5) is 0 Å². The lowest BCUT2D eigenvalue weighted by Gasteiger charge is -2.20. The summed E-state index contributed by atoms with van der Waals surface area (Å²) < 4.78 is 32.6. The normalized spacial score (nSPS) is 19.8. The fraction of sp³-hybridized carbons (Fsp3) is 0.854. The number of ether oxygens (including phenoxy) is 2. The van der Waals surface area contributed by atoms with E-state index >= 15 is 0 Å². The van der Waals surface area contributed by atoms with Crippen LogP contribution in [0.2, 0.25) is 0 Å². The summed E-state index contributed by atoms with van der Waals surface area (Å²) in [6.07, 6.45) is 21.9. The van der Waals surface area contributed by atoms with Crippen LogP contribution in [0, 0.1) is 11.8 Å². The maximum Gasteiger partial charge on any atom is 0.472 e. The lowest BCUT2D eigenvalue weighted by Crippen LogP contribution is -2.34. The minimum absolute atomic E-state index is 0.0254. The third-order valence-corrected chi connectivity index (χ3v) is 11.1. The highest BCUT2D eigenvalue weighted by molar-refractivity contribution is 7.47. The van der Waals surface area contributed by atoms with Crippen molar-refractivity contribution >= 4 is 31.5 Å². The van der Waals surface area contributed by atoms with Gasteiger partial charge in [-0.1, -0.05) is 135 Å². The Kier molecular flexibility index (Phi) is 29.4. The van der Waals surface area contributed by atoms with Gasteiger partial charge < -0.3 is 35.4 Å². The molecule has 0 heterocycles. The lowest BCUT2D eigenvalue weighted by atomic mass is 9.88. The molecule has 56 heavy (non-hydrogen) atoms. The SMILES string of the molecule is CCCCCCCCCCCCCCC(=O)O[C@H](COC(=O)CCCCCC[C@H]1C(=O)C[C@@H](O)[C@@H]1/C=C/[C@@H](O)CCCCC)COP(=O)(O)OC[C@H](N)C(=O)O. The number of aliphatic carboxylic acids is 1. The summed E-state index contributed by atoms with van der Waals surface area (Å²) in [5.74, 6) is -3.15. The van der Waals surface area contributed by atoms with E-state index in [1.54, 1.807) is 12.2 Å². The Morgan fingerprint density at radius 2 is 1.30 bits per heavy atom. The molecule has 0 aromatic heterocycles. The number of rotatable bonds is 36. The topological polar surface area (TPSA) is 229 Å². The van der Waals surface area contributed by atoms with Crippen molar-refractivity contribution in [1.82, 2.24) is 0 Å². The van der Waals surface area contributed by atoms with E-state index in [0.717, 1.165) is 51.4 Å². The Morgan fingerprint density at radius 3 is 1.89 bits per heavy atom. The number of unbranched alkanes of at least 4 members (excludes halogenated alkanes) is 16. The van der Waals surface area contributed by atoms with Gasteiger partial charge in [0.15, 0.2) is 6.10 Å². The summed E-state index contributed by atoms with van der Waals surface area (Å²) in [4.78, 5) is 58.6. The number of carboxylic acid groups (broad SMARTS) is 1. The van der Waals surface area contributed by atoms with E-state index in [1.807, 2.05) is 0 Å². The molecule has 1 saturated carbocycles. The molecule has 1 aliphatic rings. The molecule has 0 saturated heterocycles. The van der Waals surface area contributed by atoms with E-state index in [0.29, 0.717) is 32.1 Å². The monoisotopic (exact) mass is 819 g/mol. The van der Waals surface area contributed by atoms with Crippen LogP contribution in [0.5, 0.6) is 0 Å². The van der Waals surface area contributed by atoms with Gasteiger partial charge in [0.25, 0.3) is 0 Å². The molecule has 1 unspecified atom stereocenters. The molecule has 1 fully saturated rings. The lowest BCUT2D eigenvalue weighted by molar-refractivity contribution is -0.161. The average Bonchev–Trinajstić information content (AvgIpc) is 3.43. The Balaban J connectivity index is 2.48. The molecule has 0 aliphatic heterocycles. The van der Waals surface area contributed by atoms with E-state index in [4.69, 9.17) is 24.8 Å². The first-order valence-corrected chi connectivity index (χ1v) is 22.8. The number of Topliss-reactive ketones (excluding diaryl/α,β-unsaturated/α-hetero) is 1. The summed E-state index contributed by atoms with van der Waals surface area (Å²) in [7, 11) is -4.77. The number of hydrogen-bond acceptors (Lipinski definition) is 12. The van der Waals surface area contributed by atoms with Crippen molar-refractivity contribution < 1.29 is 62.5 Å². The molecule has 0 bridgehead atoms. The van der Waals surface area contributed by atoms with Gasteiger partial charge in [-0.05, 0) is 25.7 Å². The molecule has 7 atom stereocenters. The predicted octanol–water partition coefficient (Wildman–Crippen LogP) is 7.48. The van der Waals surface area contributed by atoms with E-state index in [9.17, 15) is 38.8 Å². The van der Waals surface area contributed by atoms with Gasteiger partial charge in [0.05, 0.1) is 25.4 Å². The van der Waals surface area contributed by atoms with E-state index < -0.39 is 69.9 Å². The molecule has 14 nitrogen and oxygen atoms in total. The predicted molar refractivity (Wildman–Crippen MR) is 213 cm³/mol. The Morgan fingerprint density at radius 1 is 0.786 bits per heavy atom. The first kappa shape index (κ1) is 51.8. The van der Waals surface area contributed by atoms with Crippen LogP contribution in [-0.2, 0) is 42.3 Å².